The van der Waals surface area contributed by atoms with Crippen LogP contribution < -0.4 is 0 Å². The van der Waals surface area contributed by atoms with Crippen molar-refractivity contribution in [3.63, 3.8) is 0 Å². The van der Waals surface area contributed by atoms with Crippen molar-refractivity contribution in [2.75, 3.05) is 0 Å². The fourth-order valence-corrected chi connectivity index (χ4v) is 2.58. The van der Waals surface area contributed by atoms with Crippen LogP contribution >= 0.6 is 11.3 Å². The van der Waals surface area contributed by atoms with E-state index in [1.54, 1.807) is 11.3 Å². The lowest BCUT2D eigenvalue weighted by Crippen LogP contribution is -2.00. The van der Waals surface area contributed by atoms with Gasteiger partial charge < -0.3 is 0 Å². The third-order valence-electron chi connectivity index (χ3n) is 2.77. The summed E-state index contributed by atoms with van der Waals surface area (Å²) in [6.45, 7) is 4.17. The number of Topliss-reactive ketones (excluding diaryl/α,β-unsaturated/α-hetero) is 1. The summed E-state index contributed by atoms with van der Waals surface area (Å²) in [5.41, 5.74) is 2.32. The van der Waals surface area contributed by atoms with Gasteiger partial charge in [0.1, 0.15) is 0 Å². The number of carbonyl (C=O) groups is 1. The second-order valence-corrected chi connectivity index (χ2v) is 5.37. The van der Waals surface area contributed by atoms with Crippen LogP contribution in [0.2, 0.25) is 0 Å². The molecule has 1 aromatic heterocycles. The van der Waals surface area contributed by atoms with Crippen molar-refractivity contribution in [2.24, 2.45) is 0 Å². The summed E-state index contributed by atoms with van der Waals surface area (Å²) in [5, 5.41) is 0. The van der Waals surface area contributed by atoms with Crippen molar-refractivity contribution in [3.05, 3.63) is 57.3 Å². The standard InChI is InChI=1S/C15H16OS/c1-3-13-8-9-15(17-13)14(16)10-12-6-4-11(2)5-7-12/h4-9H,3,10H2,1-2H3. The quantitative estimate of drug-likeness (QED) is 0.742. The van der Waals surface area contributed by atoms with Gasteiger partial charge in [0.05, 0.1) is 4.88 Å². The van der Waals surface area contributed by atoms with Crippen molar-refractivity contribution in [1.82, 2.24) is 0 Å². The van der Waals surface area contributed by atoms with Crippen molar-refractivity contribution >= 4 is 17.1 Å². The minimum Gasteiger partial charge on any atom is -0.293 e. The van der Waals surface area contributed by atoms with Crippen LogP contribution in [0.3, 0.4) is 0 Å². The number of ketones is 1. The number of benzene rings is 1. The van der Waals surface area contributed by atoms with Gasteiger partial charge in [-0.3, -0.25) is 4.79 Å². The molecule has 0 saturated carbocycles. The summed E-state index contributed by atoms with van der Waals surface area (Å²) in [6, 6.07) is 12.2. The van der Waals surface area contributed by atoms with Gasteiger partial charge in [0.25, 0.3) is 0 Å². The SMILES string of the molecule is CCc1ccc(C(=O)Cc2ccc(C)cc2)s1. The molecule has 1 aromatic carbocycles. The molecule has 0 unspecified atom stereocenters. The highest BCUT2D eigenvalue weighted by molar-refractivity contribution is 7.14. The molecule has 0 bridgehead atoms. The zero-order chi connectivity index (χ0) is 12.3. The van der Waals surface area contributed by atoms with E-state index in [4.69, 9.17) is 0 Å². The van der Waals surface area contributed by atoms with Crippen molar-refractivity contribution in [1.29, 1.82) is 0 Å². The molecule has 0 saturated heterocycles. The van der Waals surface area contributed by atoms with Gasteiger partial charge in [-0.2, -0.15) is 0 Å². The average Bonchev–Trinajstić information content (AvgIpc) is 2.81. The molecule has 17 heavy (non-hydrogen) atoms. The number of thiophene rings is 1. The second kappa shape index (κ2) is 5.28. The van der Waals surface area contributed by atoms with Crippen molar-refractivity contribution in [3.8, 4) is 0 Å². The fraction of sp³-hybridized carbons (Fsp3) is 0.267. The van der Waals surface area contributed by atoms with Crippen LogP contribution in [0.25, 0.3) is 0 Å². The Kier molecular flexibility index (Phi) is 3.75. The maximum atomic E-state index is 12.0. The predicted octanol–water partition coefficient (Wildman–Crippen LogP) is 4.04. The van der Waals surface area contributed by atoms with Crippen LogP contribution in [-0.2, 0) is 12.8 Å². The zero-order valence-corrected chi connectivity index (χ0v) is 11.0. The van der Waals surface area contributed by atoms with Crippen LogP contribution in [-0.4, -0.2) is 5.78 Å². The Morgan fingerprint density at radius 1 is 1.12 bits per heavy atom. The topological polar surface area (TPSA) is 17.1 Å². The summed E-state index contributed by atoms with van der Waals surface area (Å²) < 4.78 is 0. The summed E-state index contributed by atoms with van der Waals surface area (Å²) in [6.07, 6.45) is 1.51. The van der Waals surface area contributed by atoms with Gasteiger partial charge in [-0.25, -0.2) is 0 Å². The zero-order valence-electron chi connectivity index (χ0n) is 10.2. The normalized spacial score (nSPS) is 10.5. The van der Waals surface area contributed by atoms with Gasteiger partial charge >= 0.3 is 0 Å². The Labute approximate surface area is 106 Å². The van der Waals surface area contributed by atoms with Crippen LogP contribution in [0.5, 0.6) is 0 Å². The first kappa shape index (κ1) is 12.1. The predicted molar refractivity (Wildman–Crippen MR) is 72.9 cm³/mol. The van der Waals surface area contributed by atoms with E-state index in [0.717, 1.165) is 16.9 Å². The average molecular weight is 244 g/mol. The summed E-state index contributed by atoms with van der Waals surface area (Å²) in [7, 11) is 0. The second-order valence-electron chi connectivity index (χ2n) is 4.21. The lowest BCUT2D eigenvalue weighted by Gasteiger charge is -2.00. The van der Waals surface area contributed by atoms with Crippen molar-refractivity contribution in [2.45, 2.75) is 26.7 Å². The molecular weight excluding hydrogens is 228 g/mol. The van der Waals surface area contributed by atoms with E-state index in [2.05, 4.69) is 26.0 Å². The third-order valence-corrected chi connectivity index (χ3v) is 4.04. The fourth-order valence-electron chi connectivity index (χ4n) is 1.70. The summed E-state index contributed by atoms with van der Waals surface area (Å²) in [5.74, 6) is 0.221. The molecule has 2 aromatic rings. The number of aryl methyl sites for hydroxylation is 2. The van der Waals surface area contributed by atoms with Crippen LogP contribution in [0.1, 0.15) is 32.6 Å². The molecular formula is C15H16OS. The number of carbonyl (C=O) groups excluding carboxylic acids is 1. The van der Waals surface area contributed by atoms with Crippen molar-refractivity contribution < 1.29 is 4.79 Å². The van der Waals surface area contributed by atoms with Gasteiger partial charge in [0, 0.05) is 11.3 Å². The van der Waals surface area contributed by atoms with E-state index in [0.29, 0.717) is 6.42 Å². The molecule has 0 N–H and O–H groups in total. The van der Waals surface area contributed by atoms with Crippen LogP contribution in [0.4, 0.5) is 0 Å². The van der Waals surface area contributed by atoms with E-state index < -0.39 is 0 Å². The number of hydrogen-bond acceptors (Lipinski definition) is 2. The van der Waals surface area contributed by atoms with E-state index in [1.807, 2.05) is 24.3 Å². The van der Waals surface area contributed by atoms with E-state index in [9.17, 15) is 4.79 Å². The highest BCUT2D eigenvalue weighted by atomic mass is 32.1. The first-order valence-electron chi connectivity index (χ1n) is 5.86. The smallest absolute Gasteiger partial charge is 0.177 e. The van der Waals surface area contributed by atoms with E-state index >= 15 is 0 Å². The Balaban J connectivity index is 2.08. The molecule has 2 heteroatoms. The van der Waals surface area contributed by atoms with Gasteiger partial charge in [-0.05, 0) is 31.0 Å². The largest absolute Gasteiger partial charge is 0.293 e. The van der Waals surface area contributed by atoms with Gasteiger partial charge in [0.15, 0.2) is 5.78 Å². The van der Waals surface area contributed by atoms with E-state index in [1.165, 1.54) is 10.4 Å². The third kappa shape index (κ3) is 3.04. The molecule has 1 nitrogen and oxygen atoms in total. The molecule has 0 spiro atoms. The maximum absolute atomic E-state index is 12.0. The highest BCUT2D eigenvalue weighted by Gasteiger charge is 2.09. The number of hydrogen-bond donors (Lipinski definition) is 0. The Morgan fingerprint density at radius 2 is 1.82 bits per heavy atom. The van der Waals surface area contributed by atoms with Gasteiger partial charge in [0.2, 0.25) is 0 Å². The molecule has 0 amide bonds. The van der Waals surface area contributed by atoms with Gasteiger partial charge in [-0.15, -0.1) is 11.3 Å². The first-order valence-corrected chi connectivity index (χ1v) is 6.68. The first-order chi connectivity index (χ1) is 8.19. The minimum atomic E-state index is 0.221. The van der Waals surface area contributed by atoms with Gasteiger partial charge in [-0.1, -0.05) is 36.8 Å². The molecule has 0 aliphatic rings. The van der Waals surface area contributed by atoms with Crippen LogP contribution in [0.15, 0.2) is 36.4 Å². The molecule has 0 radical (unpaired) electrons. The van der Waals surface area contributed by atoms with E-state index in [-0.39, 0.29) is 5.78 Å². The summed E-state index contributed by atoms with van der Waals surface area (Å²) in [4.78, 5) is 14.2. The minimum absolute atomic E-state index is 0.221. The molecule has 0 aliphatic carbocycles. The molecule has 0 aliphatic heterocycles. The highest BCUT2D eigenvalue weighted by Crippen LogP contribution is 2.19. The lowest BCUT2D eigenvalue weighted by atomic mass is 10.1. The lowest BCUT2D eigenvalue weighted by molar-refractivity contribution is 0.0997. The Morgan fingerprint density at radius 3 is 2.41 bits per heavy atom. The number of rotatable bonds is 4. The molecule has 88 valence electrons. The summed E-state index contributed by atoms with van der Waals surface area (Å²) >= 11 is 1.61. The molecule has 0 fully saturated rings. The Hall–Kier alpha value is -1.41. The maximum Gasteiger partial charge on any atom is 0.177 e. The molecule has 1 heterocycles. The monoisotopic (exact) mass is 244 g/mol. The Bertz CT molecular complexity index is 508. The molecule has 0 atom stereocenters. The molecule has 2 rings (SSSR count). The van der Waals surface area contributed by atoms with Crippen LogP contribution in [0, 0.1) is 6.92 Å².